The number of aryl methyl sites for hydroxylation is 3. The summed E-state index contributed by atoms with van der Waals surface area (Å²) in [5.74, 6) is -0.678. The molecule has 5 heterocycles. The molecule has 2 atom stereocenters. The van der Waals surface area contributed by atoms with E-state index in [1.54, 1.807) is 50.2 Å². The SMILES string of the molecule is Cc1nc(N)ccc1Br.Cc1nc2[nH]cc(C(=O)C(=O)N(C)C)c2cc1C(=O)N1C[C@H](C)N(Cc2ccc(F)cc2)C[C@H]1C.[C-]#[N+]c1ccc(N)nc1C. The number of piperazine rings is 1. The predicted octanol–water partition coefficient (Wildman–Crippen LogP) is 6.27. The van der Waals surface area contributed by atoms with Gasteiger partial charge in [-0.2, -0.15) is 0 Å². The number of nitrogens with two attached hydrogens (primary N) is 2. The van der Waals surface area contributed by atoms with Gasteiger partial charge in [0.05, 0.1) is 29.1 Å². The fourth-order valence-electron chi connectivity index (χ4n) is 5.80. The zero-order valence-corrected chi connectivity index (χ0v) is 32.9. The van der Waals surface area contributed by atoms with Gasteiger partial charge in [-0.05, 0) is 92.5 Å². The highest BCUT2D eigenvalue weighted by Crippen LogP contribution is 2.25. The standard InChI is InChI=1S/C26H30FN5O3.C7H7N3.C6H7BrN2/c1-15-13-32(16(2)12-31(15)14-18-6-8-19(27)9-7-18)25(34)20-10-21-22(23(33)26(35)30(4)5)11-28-24(21)29-17(20)3;1-5-6(9-2)3-4-7(8)10-5;1-4-5(7)2-3-6(8)9-4/h6-11,15-16H,12-14H2,1-5H3,(H,28,29);3-4H,1H3,(H2,8,10);2-3H,1H3,(H2,8,9)/t15-,16+;;/m0../s1. The Balaban J connectivity index is 0.000000277. The van der Waals surface area contributed by atoms with Crippen LogP contribution in [0.25, 0.3) is 15.9 Å². The first-order valence-electron chi connectivity index (χ1n) is 17.0. The number of aromatic amines is 1. The number of nitrogen functional groups attached to an aromatic ring is 2. The summed E-state index contributed by atoms with van der Waals surface area (Å²) in [6.45, 7) is 18.1. The number of carbonyl (C=O) groups excluding carboxylic acids is 3. The molecule has 1 aliphatic heterocycles. The van der Waals surface area contributed by atoms with Crippen LogP contribution in [0.4, 0.5) is 21.7 Å². The van der Waals surface area contributed by atoms with Gasteiger partial charge in [-0.3, -0.25) is 19.3 Å². The van der Waals surface area contributed by atoms with Gasteiger partial charge in [-0.15, -0.1) is 0 Å². The molecule has 282 valence electrons. The van der Waals surface area contributed by atoms with E-state index in [1.165, 1.54) is 37.3 Å². The van der Waals surface area contributed by atoms with Gasteiger partial charge in [-0.25, -0.2) is 24.2 Å². The first-order chi connectivity index (χ1) is 25.5. The average Bonchev–Trinajstić information content (AvgIpc) is 3.54. The maximum absolute atomic E-state index is 13.6. The fraction of sp³-hybridized carbons (Fsp3) is 0.308. The third-order valence-electron chi connectivity index (χ3n) is 8.85. The highest BCUT2D eigenvalue weighted by molar-refractivity contribution is 9.10. The number of benzene rings is 1. The van der Waals surface area contributed by atoms with Crippen LogP contribution < -0.4 is 11.5 Å². The van der Waals surface area contributed by atoms with Crippen molar-refractivity contribution in [2.24, 2.45) is 0 Å². The molecule has 0 unspecified atom stereocenters. The lowest BCUT2D eigenvalue weighted by Gasteiger charge is -2.44. The van der Waals surface area contributed by atoms with Gasteiger partial charge in [0.15, 0.2) is 0 Å². The maximum Gasteiger partial charge on any atom is 0.294 e. The van der Waals surface area contributed by atoms with E-state index >= 15 is 0 Å². The van der Waals surface area contributed by atoms with Crippen molar-refractivity contribution in [2.45, 2.75) is 53.2 Å². The Bertz CT molecular complexity index is 2200. The number of nitrogens with zero attached hydrogens (tertiary/aromatic N) is 7. The molecule has 0 spiro atoms. The molecule has 6 rings (SSSR count). The molecule has 5 aromatic rings. The summed E-state index contributed by atoms with van der Waals surface area (Å²) in [5, 5.41) is 0.454. The van der Waals surface area contributed by atoms with Crippen molar-refractivity contribution in [1.82, 2.24) is 34.6 Å². The molecule has 2 amide bonds. The van der Waals surface area contributed by atoms with Crippen LogP contribution in [0.2, 0.25) is 0 Å². The number of fused-ring (bicyclic) bond motifs is 1. The second-order valence-corrected chi connectivity index (χ2v) is 14.1. The number of carbonyl (C=O) groups is 3. The average molecular weight is 800 g/mol. The lowest BCUT2D eigenvalue weighted by Crippen LogP contribution is -2.57. The Morgan fingerprint density at radius 2 is 1.54 bits per heavy atom. The van der Waals surface area contributed by atoms with E-state index in [9.17, 15) is 18.8 Å². The second kappa shape index (κ2) is 17.9. The van der Waals surface area contributed by atoms with Gasteiger partial charge >= 0.3 is 0 Å². The molecule has 1 saturated heterocycles. The van der Waals surface area contributed by atoms with Crippen LogP contribution in [-0.4, -0.2) is 91.5 Å². The number of ketones is 1. The zero-order valence-electron chi connectivity index (χ0n) is 31.3. The summed E-state index contributed by atoms with van der Waals surface area (Å²) in [6, 6.07) is 15.1. The Kier molecular flexibility index (Phi) is 13.6. The molecular weight excluding hydrogens is 755 g/mol. The number of pyridine rings is 3. The van der Waals surface area contributed by atoms with Gasteiger partial charge in [0.25, 0.3) is 17.6 Å². The number of hydrogen-bond acceptors (Lipinski definition) is 9. The van der Waals surface area contributed by atoms with Crippen LogP contribution in [0.1, 0.15) is 57.2 Å². The van der Waals surface area contributed by atoms with Crippen LogP contribution in [0.3, 0.4) is 0 Å². The number of nitrogens with one attached hydrogen (secondary N) is 1. The Hall–Kier alpha value is -5.72. The van der Waals surface area contributed by atoms with E-state index in [0.717, 1.165) is 15.7 Å². The molecule has 1 aromatic carbocycles. The molecule has 0 radical (unpaired) electrons. The minimum Gasteiger partial charge on any atom is -0.384 e. The second-order valence-electron chi connectivity index (χ2n) is 13.2. The molecule has 0 aliphatic carbocycles. The molecule has 15 heteroatoms. The van der Waals surface area contributed by atoms with Crippen molar-refractivity contribution in [3.8, 4) is 0 Å². The van der Waals surface area contributed by atoms with Crippen LogP contribution in [0.15, 0.2) is 65.3 Å². The Morgan fingerprint density at radius 3 is 2.11 bits per heavy atom. The summed E-state index contributed by atoms with van der Waals surface area (Å²) >= 11 is 3.31. The van der Waals surface area contributed by atoms with Crippen molar-refractivity contribution in [3.63, 3.8) is 0 Å². The van der Waals surface area contributed by atoms with Crippen LogP contribution >= 0.6 is 15.9 Å². The highest BCUT2D eigenvalue weighted by atomic mass is 79.9. The zero-order chi connectivity index (χ0) is 39.9. The van der Waals surface area contributed by atoms with E-state index in [2.05, 4.69) is 52.5 Å². The van der Waals surface area contributed by atoms with Gasteiger partial charge < -0.3 is 26.3 Å². The number of Topliss-reactive ketones (excluding diaryl/α,β-unsaturated/α-hetero) is 1. The number of anilines is 2. The molecule has 1 aliphatic rings. The summed E-state index contributed by atoms with van der Waals surface area (Å²) in [5.41, 5.74) is 15.6. The molecule has 0 saturated carbocycles. The topological polar surface area (TPSA) is 172 Å². The maximum atomic E-state index is 13.6. The fourth-order valence-corrected chi connectivity index (χ4v) is 6.02. The van der Waals surface area contributed by atoms with Gasteiger partial charge in [0.1, 0.15) is 23.1 Å². The minimum absolute atomic E-state index is 0.0584. The Morgan fingerprint density at radius 1 is 0.907 bits per heavy atom. The highest BCUT2D eigenvalue weighted by Gasteiger charge is 2.34. The van der Waals surface area contributed by atoms with Crippen molar-refractivity contribution in [2.75, 3.05) is 38.7 Å². The van der Waals surface area contributed by atoms with E-state index in [4.69, 9.17) is 18.0 Å². The number of halogens is 2. The van der Waals surface area contributed by atoms with Crippen molar-refractivity contribution in [1.29, 1.82) is 0 Å². The van der Waals surface area contributed by atoms with Gasteiger partial charge in [-0.1, -0.05) is 18.2 Å². The van der Waals surface area contributed by atoms with Crippen LogP contribution in [-0.2, 0) is 11.3 Å². The van der Waals surface area contributed by atoms with E-state index in [-0.39, 0.29) is 29.4 Å². The Labute approximate surface area is 322 Å². The number of rotatable bonds is 5. The molecule has 4 aromatic heterocycles. The van der Waals surface area contributed by atoms with E-state index in [1.807, 2.05) is 24.8 Å². The quantitative estimate of drug-likeness (QED) is 0.105. The third-order valence-corrected chi connectivity index (χ3v) is 9.69. The summed E-state index contributed by atoms with van der Waals surface area (Å²) in [4.78, 5) is 62.4. The number of amides is 2. The summed E-state index contributed by atoms with van der Waals surface area (Å²) in [7, 11) is 3.04. The van der Waals surface area contributed by atoms with Crippen LogP contribution in [0, 0.1) is 33.2 Å². The number of hydrogen-bond donors (Lipinski definition) is 3. The third kappa shape index (κ3) is 10.0. The predicted molar refractivity (Wildman–Crippen MR) is 211 cm³/mol. The van der Waals surface area contributed by atoms with Gasteiger partial charge in [0.2, 0.25) is 5.69 Å². The molecule has 5 N–H and O–H groups in total. The normalized spacial score (nSPS) is 15.3. The first kappa shape index (κ1) is 41.0. The number of likely N-dealkylation sites (N-methyl/N-ethyl adjacent to an activating group) is 1. The smallest absolute Gasteiger partial charge is 0.294 e. The summed E-state index contributed by atoms with van der Waals surface area (Å²) < 4.78 is 14.3. The molecule has 1 fully saturated rings. The largest absolute Gasteiger partial charge is 0.384 e. The summed E-state index contributed by atoms with van der Waals surface area (Å²) in [6.07, 6.45) is 1.47. The first-order valence-corrected chi connectivity index (χ1v) is 17.8. The molecule has 13 nitrogen and oxygen atoms in total. The number of aromatic nitrogens is 4. The lowest BCUT2D eigenvalue weighted by atomic mass is 10.0. The lowest BCUT2D eigenvalue weighted by molar-refractivity contribution is -0.124. The van der Waals surface area contributed by atoms with Crippen LogP contribution in [0.5, 0.6) is 0 Å². The number of H-pyrrole nitrogens is 1. The minimum atomic E-state index is -0.651. The van der Waals surface area contributed by atoms with Gasteiger partial charge in [0, 0.05) is 67.6 Å². The van der Waals surface area contributed by atoms with E-state index < -0.39 is 11.7 Å². The van der Waals surface area contributed by atoms with Crippen molar-refractivity contribution >= 4 is 61.9 Å². The van der Waals surface area contributed by atoms with Crippen molar-refractivity contribution < 1.29 is 18.8 Å². The van der Waals surface area contributed by atoms with Crippen molar-refractivity contribution in [3.05, 3.63) is 116 Å². The van der Waals surface area contributed by atoms with E-state index in [0.29, 0.717) is 64.9 Å². The molecular formula is C39H44BrFN10O3. The molecule has 54 heavy (non-hydrogen) atoms. The monoisotopic (exact) mass is 798 g/mol. The molecule has 0 bridgehead atoms.